The van der Waals surface area contributed by atoms with E-state index in [2.05, 4.69) is 0 Å². The number of nitrogens with zero attached hydrogens (tertiary/aromatic N) is 1. The number of carbonyl (C=O) groups excluding carboxylic acids is 1. The summed E-state index contributed by atoms with van der Waals surface area (Å²) in [5.74, 6) is -5.04. The molecule has 1 aliphatic rings. The number of nitrogens with two attached hydrogens (primary N) is 1. The van der Waals surface area contributed by atoms with Gasteiger partial charge in [0, 0.05) is 12.5 Å². The van der Waals surface area contributed by atoms with Crippen LogP contribution in [0.25, 0.3) is 11.1 Å². The fourth-order valence-electron chi connectivity index (χ4n) is 3.20. The highest BCUT2D eigenvalue weighted by atomic mass is 19.4. The van der Waals surface area contributed by atoms with Crippen LogP contribution >= 0.6 is 0 Å². The summed E-state index contributed by atoms with van der Waals surface area (Å²) in [6.07, 6.45) is -5.70. The van der Waals surface area contributed by atoms with Crippen LogP contribution in [-0.2, 0) is 9.59 Å². The Labute approximate surface area is 185 Å². The summed E-state index contributed by atoms with van der Waals surface area (Å²) in [6, 6.07) is 10.2. The topological polar surface area (TPSA) is 83.6 Å². The Morgan fingerprint density at radius 2 is 1.61 bits per heavy atom. The van der Waals surface area contributed by atoms with Crippen LogP contribution in [0.5, 0.6) is 0 Å². The third kappa shape index (κ3) is 6.95. The van der Waals surface area contributed by atoms with Crippen molar-refractivity contribution >= 4 is 11.9 Å². The second-order valence-corrected chi connectivity index (χ2v) is 7.54. The Morgan fingerprint density at radius 3 is 2.06 bits per heavy atom. The number of hydrogen-bond donors (Lipinski definition) is 2. The molecule has 5 nitrogen and oxygen atoms in total. The molecule has 0 aromatic heterocycles. The van der Waals surface area contributed by atoms with E-state index in [4.69, 9.17) is 15.6 Å². The number of alkyl halides is 4. The lowest BCUT2D eigenvalue weighted by Gasteiger charge is -2.25. The molecule has 11 heteroatoms. The van der Waals surface area contributed by atoms with Crippen LogP contribution in [0, 0.1) is 11.6 Å². The van der Waals surface area contributed by atoms with Crippen molar-refractivity contribution in [3.8, 4) is 11.1 Å². The molecule has 33 heavy (non-hydrogen) atoms. The van der Waals surface area contributed by atoms with Crippen molar-refractivity contribution in [3.05, 3.63) is 59.7 Å². The van der Waals surface area contributed by atoms with E-state index in [1.165, 1.54) is 11.0 Å². The Bertz CT molecular complexity index is 981. The number of halogens is 6. The molecule has 1 heterocycles. The summed E-state index contributed by atoms with van der Waals surface area (Å²) in [5.41, 5.74) is 8.25. The SMILES string of the molecule is C[C@@H](c1ccc(-c2ccc(F)c(F)c2)cc1)[C@H](N)C(=O)N1CC[C@H](F)C1.O=C(O)C(F)(F)F. The molecule has 0 radical (unpaired) electrons. The molecule has 3 atom stereocenters. The van der Waals surface area contributed by atoms with E-state index in [-0.39, 0.29) is 18.4 Å². The Hall–Kier alpha value is -3.08. The maximum Gasteiger partial charge on any atom is 0.490 e. The summed E-state index contributed by atoms with van der Waals surface area (Å²) >= 11 is 0. The van der Waals surface area contributed by atoms with E-state index >= 15 is 0 Å². The number of rotatable bonds is 4. The lowest BCUT2D eigenvalue weighted by atomic mass is 9.91. The van der Waals surface area contributed by atoms with E-state index in [1.54, 1.807) is 12.1 Å². The van der Waals surface area contributed by atoms with Crippen LogP contribution in [0.3, 0.4) is 0 Å². The Balaban J connectivity index is 0.000000479. The molecule has 0 unspecified atom stereocenters. The number of hydrogen-bond acceptors (Lipinski definition) is 3. The molecule has 2 aromatic rings. The van der Waals surface area contributed by atoms with Gasteiger partial charge in [0.25, 0.3) is 0 Å². The van der Waals surface area contributed by atoms with E-state index in [0.29, 0.717) is 18.5 Å². The fraction of sp³-hybridized carbons (Fsp3) is 0.364. The van der Waals surface area contributed by atoms with Gasteiger partial charge in [-0.05, 0) is 35.2 Å². The molecule has 180 valence electrons. The lowest BCUT2D eigenvalue weighted by molar-refractivity contribution is -0.192. The number of likely N-dealkylation sites (tertiary alicyclic amines) is 1. The van der Waals surface area contributed by atoms with Crippen LogP contribution in [0.15, 0.2) is 42.5 Å². The molecule has 1 saturated heterocycles. The standard InChI is InChI=1S/C20H21F3N2O.C2HF3O2/c1-12(19(24)20(26)25-9-8-16(21)11-25)13-2-4-14(5-3-13)15-6-7-17(22)18(23)10-15;3-2(4,5)1(6)7/h2-7,10,12,16,19H,8-9,11,24H2,1H3;(H,6,7)/t12-,16-,19-;/m0./s1. The van der Waals surface area contributed by atoms with Crippen LogP contribution < -0.4 is 5.73 Å². The van der Waals surface area contributed by atoms with Gasteiger partial charge in [0.05, 0.1) is 12.6 Å². The molecule has 2 aromatic carbocycles. The maximum absolute atomic E-state index is 13.4. The molecule has 0 spiro atoms. The highest BCUT2D eigenvalue weighted by Gasteiger charge is 2.38. The van der Waals surface area contributed by atoms with Crippen LogP contribution in [0.4, 0.5) is 26.3 Å². The van der Waals surface area contributed by atoms with Gasteiger partial charge >= 0.3 is 12.1 Å². The van der Waals surface area contributed by atoms with E-state index in [0.717, 1.165) is 23.3 Å². The van der Waals surface area contributed by atoms with Gasteiger partial charge in [-0.3, -0.25) is 4.79 Å². The minimum atomic E-state index is -5.08. The predicted molar refractivity (Wildman–Crippen MR) is 108 cm³/mol. The van der Waals surface area contributed by atoms with Crippen molar-refractivity contribution in [2.75, 3.05) is 13.1 Å². The monoisotopic (exact) mass is 476 g/mol. The van der Waals surface area contributed by atoms with Gasteiger partial charge in [-0.1, -0.05) is 37.3 Å². The molecule has 3 N–H and O–H groups in total. The number of benzene rings is 2. The third-order valence-corrected chi connectivity index (χ3v) is 5.20. The number of carboxylic acids is 1. The summed E-state index contributed by atoms with van der Waals surface area (Å²) < 4.78 is 71.5. The first-order valence-corrected chi connectivity index (χ1v) is 9.85. The normalized spacial score (nSPS) is 17.7. The van der Waals surface area contributed by atoms with Crippen molar-refractivity contribution in [1.82, 2.24) is 4.90 Å². The van der Waals surface area contributed by atoms with Crippen LogP contribution in [0.1, 0.15) is 24.8 Å². The summed E-state index contributed by atoms with van der Waals surface area (Å²) in [5, 5.41) is 7.12. The van der Waals surface area contributed by atoms with Crippen molar-refractivity contribution < 1.29 is 41.0 Å². The molecular weight excluding hydrogens is 454 g/mol. The van der Waals surface area contributed by atoms with Crippen molar-refractivity contribution in [3.63, 3.8) is 0 Å². The zero-order valence-corrected chi connectivity index (χ0v) is 17.5. The number of aliphatic carboxylic acids is 1. The number of carbonyl (C=O) groups is 2. The van der Waals surface area contributed by atoms with Gasteiger partial charge in [0.1, 0.15) is 6.17 Å². The minimum Gasteiger partial charge on any atom is -0.475 e. The van der Waals surface area contributed by atoms with Crippen LogP contribution in [-0.4, -0.2) is 53.4 Å². The smallest absolute Gasteiger partial charge is 0.475 e. The van der Waals surface area contributed by atoms with Crippen LogP contribution in [0.2, 0.25) is 0 Å². The Kier molecular flexibility index (Phi) is 8.48. The first-order valence-electron chi connectivity index (χ1n) is 9.85. The molecule has 1 fully saturated rings. The first kappa shape index (κ1) is 26.2. The van der Waals surface area contributed by atoms with E-state index in [9.17, 15) is 31.1 Å². The molecule has 3 rings (SSSR count). The van der Waals surface area contributed by atoms with E-state index < -0.39 is 36.0 Å². The van der Waals surface area contributed by atoms with Crippen molar-refractivity contribution in [2.45, 2.75) is 37.7 Å². The molecule has 1 amide bonds. The van der Waals surface area contributed by atoms with Gasteiger partial charge in [0.15, 0.2) is 11.6 Å². The predicted octanol–water partition coefficient (Wildman–Crippen LogP) is 4.27. The summed E-state index contributed by atoms with van der Waals surface area (Å²) in [4.78, 5) is 22.8. The summed E-state index contributed by atoms with van der Waals surface area (Å²) in [7, 11) is 0. The molecular formula is C22H22F6N2O3. The van der Waals surface area contributed by atoms with E-state index in [1.807, 2.05) is 19.1 Å². The second-order valence-electron chi connectivity index (χ2n) is 7.54. The minimum absolute atomic E-state index is 0.105. The average Bonchev–Trinajstić information content (AvgIpc) is 3.20. The lowest BCUT2D eigenvalue weighted by Crippen LogP contribution is -2.45. The highest BCUT2D eigenvalue weighted by Crippen LogP contribution is 2.26. The van der Waals surface area contributed by atoms with Gasteiger partial charge < -0.3 is 15.7 Å². The quantitative estimate of drug-likeness (QED) is 0.646. The average molecular weight is 476 g/mol. The summed E-state index contributed by atoms with van der Waals surface area (Å²) in [6.45, 7) is 2.35. The Morgan fingerprint density at radius 1 is 1.06 bits per heavy atom. The zero-order chi connectivity index (χ0) is 24.9. The molecule has 0 aliphatic carbocycles. The molecule has 0 saturated carbocycles. The number of carboxylic acid groups (broad SMARTS) is 1. The van der Waals surface area contributed by atoms with Crippen molar-refractivity contribution in [2.24, 2.45) is 5.73 Å². The molecule has 1 aliphatic heterocycles. The highest BCUT2D eigenvalue weighted by molar-refractivity contribution is 5.83. The second kappa shape index (κ2) is 10.7. The molecule has 0 bridgehead atoms. The van der Waals surface area contributed by atoms with Gasteiger partial charge in [0.2, 0.25) is 5.91 Å². The van der Waals surface area contributed by atoms with Gasteiger partial charge in [-0.2, -0.15) is 13.2 Å². The van der Waals surface area contributed by atoms with Gasteiger partial charge in [-0.25, -0.2) is 18.0 Å². The number of amides is 1. The zero-order valence-electron chi connectivity index (χ0n) is 17.5. The van der Waals surface area contributed by atoms with Gasteiger partial charge in [-0.15, -0.1) is 0 Å². The largest absolute Gasteiger partial charge is 0.490 e. The van der Waals surface area contributed by atoms with Crippen molar-refractivity contribution in [1.29, 1.82) is 0 Å². The third-order valence-electron chi connectivity index (χ3n) is 5.20. The first-order chi connectivity index (χ1) is 15.3. The maximum atomic E-state index is 13.4. The fourth-order valence-corrected chi connectivity index (χ4v) is 3.20.